The summed E-state index contributed by atoms with van der Waals surface area (Å²) >= 11 is 0. The molecule has 0 bridgehead atoms. The van der Waals surface area contributed by atoms with Crippen molar-refractivity contribution in [1.82, 2.24) is 10.6 Å². The fourth-order valence-electron chi connectivity index (χ4n) is 2.63. The highest BCUT2D eigenvalue weighted by molar-refractivity contribution is 5.83. The van der Waals surface area contributed by atoms with Gasteiger partial charge in [-0.1, -0.05) is 24.3 Å². The largest absolute Gasteiger partial charge is 0.353 e. The topological polar surface area (TPSA) is 41.1 Å². The van der Waals surface area contributed by atoms with Crippen molar-refractivity contribution in [1.29, 1.82) is 0 Å². The second kappa shape index (κ2) is 5.74. The molecule has 0 radical (unpaired) electrons. The van der Waals surface area contributed by atoms with Gasteiger partial charge in [0.2, 0.25) is 5.91 Å². The SMILES string of the molecule is Cc1ccccc1CC(C)NC(=O)C1(C)CCNC1. The molecule has 2 atom stereocenters. The summed E-state index contributed by atoms with van der Waals surface area (Å²) in [4.78, 5) is 12.3. The van der Waals surface area contributed by atoms with E-state index in [2.05, 4.69) is 42.7 Å². The minimum absolute atomic E-state index is 0.172. The van der Waals surface area contributed by atoms with Crippen LogP contribution in [0.25, 0.3) is 0 Å². The van der Waals surface area contributed by atoms with E-state index < -0.39 is 0 Å². The summed E-state index contributed by atoms with van der Waals surface area (Å²) < 4.78 is 0. The summed E-state index contributed by atoms with van der Waals surface area (Å²) in [5, 5.41) is 6.42. The molecule has 1 aliphatic rings. The maximum Gasteiger partial charge on any atom is 0.227 e. The predicted molar refractivity (Wildman–Crippen MR) is 78.1 cm³/mol. The van der Waals surface area contributed by atoms with E-state index in [4.69, 9.17) is 0 Å². The molecule has 1 aromatic rings. The molecule has 1 heterocycles. The molecule has 1 fully saturated rings. The second-order valence-electron chi connectivity index (χ2n) is 5.99. The molecule has 0 aromatic heterocycles. The Morgan fingerprint density at radius 1 is 1.47 bits per heavy atom. The lowest BCUT2D eigenvalue weighted by Gasteiger charge is -2.25. The lowest BCUT2D eigenvalue weighted by molar-refractivity contribution is -0.129. The smallest absolute Gasteiger partial charge is 0.227 e. The van der Waals surface area contributed by atoms with Crippen LogP contribution in [0.2, 0.25) is 0 Å². The van der Waals surface area contributed by atoms with Crippen molar-refractivity contribution in [3.8, 4) is 0 Å². The number of nitrogens with one attached hydrogen (secondary N) is 2. The van der Waals surface area contributed by atoms with E-state index in [-0.39, 0.29) is 17.4 Å². The third-order valence-corrected chi connectivity index (χ3v) is 4.08. The first kappa shape index (κ1) is 14.1. The second-order valence-corrected chi connectivity index (χ2v) is 5.99. The Labute approximate surface area is 115 Å². The monoisotopic (exact) mass is 260 g/mol. The van der Waals surface area contributed by atoms with Gasteiger partial charge in [-0.05, 0) is 51.3 Å². The molecule has 2 unspecified atom stereocenters. The normalized spacial score (nSPS) is 24.2. The van der Waals surface area contributed by atoms with Crippen LogP contribution >= 0.6 is 0 Å². The highest BCUT2D eigenvalue weighted by Gasteiger charge is 2.36. The van der Waals surface area contributed by atoms with Crippen LogP contribution in [0.3, 0.4) is 0 Å². The van der Waals surface area contributed by atoms with E-state index in [1.165, 1.54) is 11.1 Å². The summed E-state index contributed by atoms with van der Waals surface area (Å²) in [5.41, 5.74) is 2.36. The van der Waals surface area contributed by atoms with Crippen molar-refractivity contribution in [2.24, 2.45) is 5.41 Å². The third-order valence-electron chi connectivity index (χ3n) is 4.08. The number of carbonyl (C=O) groups excluding carboxylic acids is 1. The molecule has 1 amide bonds. The van der Waals surface area contributed by atoms with Crippen LogP contribution in [0, 0.1) is 12.3 Å². The van der Waals surface area contributed by atoms with Crippen LogP contribution < -0.4 is 10.6 Å². The molecule has 0 saturated carbocycles. The Hall–Kier alpha value is -1.35. The van der Waals surface area contributed by atoms with Crippen molar-refractivity contribution in [3.05, 3.63) is 35.4 Å². The molecule has 0 spiro atoms. The van der Waals surface area contributed by atoms with Crippen molar-refractivity contribution in [2.75, 3.05) is 13.1 Å². The van der Waals surface area contributed by atoms with Gasteiger partial charge < -0.3 is 10.6 Å². The van der Waals surface area contributed by atoms with Gasteiger partial charge in [0.1, 0.15) is 0 Å². The van der Waals surface area contributed by atoms with Crippen molar-refractivity contribution in [2.45, 2.75) is 39.7 Å². The first-order chi connectivity index (χ1) is 9.01. The van der Waals surface area contributed by atoms with Crippen molar-refractivity contribution >= 4 is 5.91 Å². The Bertz CT molecular complexity index is 450. The number of carbonyl (C=O) groups is 1. The summed E-state index contributed by atoms with van der Waals surface area (Å²) in [6, 6.07) is 8.53. The number of amides is 1. The van der Waals surface area contributed by atoms with Crippen LogP contribution in [0.15, 0.2) is 24.3 Å². The Kier molecular flexibility index (Phi) is 4.25. The number of rotatable bonds is 4. The third kappa shape index (κ3) is 3.35. The predicted octanol–water partition coefficient (Wildman–Crippen LogP) is 2.04. The first-order valence-electron chi connectivity index (χ1n) is 7.07. The van der Waals surface area contributed by atoms with Gasteiger partial charge in [-0.15, -0.1) is 0 Å². The van der Waals surface area contributed by atoms with Crippen LogP contribution in [-0.2, 0) is 11.2 Å². The average molecular weight is 260 g/mol. The molecule has 3 heteroatoms. The van der Waals surface area contributed by atoms with Gasteiger partial charge >= 0.3 is 0 Å². The Morgan fingerprint density at radius 2 is 2.21 bits per heavy atom. The minimum atomic E-state index is -0.236. The summed E-state index contributed by atoms with van der Waals surface area (Å²) in [7, 11) is 0. The molecule has 0 aliphatic carbocycles. The van der Waals surface area contributed by atoms with E-state index >= 15 is 0 Å². The molecular weight excluding hydrogens is 236 g/mol. The number of hydrogen-bond acceptors (Lipinski definition) is 2. The van der Waals surface area contributed by atoms with Gasteiger partial charge in [0, 0.05) is 12.6 Å². The van der Waals surface area contributed by atoms with Gasteiger partial charge in [-0.2, -0.15) is 0 Å². The lowest BCUT2D eigenvalue weighted by atomic mass is 9.88. The van der Waals surface area contributed by atoms with Crippen LogP contribution in [0.5, 0.6) is 0 Å². The Morgan fingerprint density at radius 3 is 2.84 bits per heavy atom. The van der Waals surface area contributed by atoms with Crippen LogP contribution in [0.4, 0.5) is 0 Å². The first-order valence-corrected chi connectivity index (χ1v) is 7.07. The van der Waals surface area contributed by atoms with E-state index in [1.54, 1.807) is 0 Å². The number of aryl methyl sites for hydroxylation is 1. The van der Waals surface area contributed by atoms with Crippen molar-refractivity contribution < 1.29 is 4.79 Å². The van der Waals surface area contributed by atoms with E-state index in [1.807, 2.05) is 13.0 Å². The zero-order valence-corrected chi connectivity index (χ0v) is 12.1. The average Bonchev–Trinajstić information content (AvgIpc) is 2.80. The zero-order chi connectivity index (χ0) is 13.9. The van der Waals surface area contributed by atoms with Gasteiger partial charge in [-0.25, -0.2) is 0 Å². The molecule has 1 aliphatic heterocycles. The summed E-state index contributed by atoms with van der Waals surface area (Å²) in [5.74, 6) is 0.179. The lowest BCUT2D eigenvalue weighted by Crippen LogP contribution is -2.45. The minimum Gasteiger partial charge on any atom is -0.353 e. The fraction of sp³-hybridized carbons (Fsp3) is 0.562. The highest BCUT2D eigenvalue weighted by atomic mass is 16.2. The van der Waals surface area contributed by atoms with Gasteiger partial charge in [-0.3, -0.25) is 4.79 Å². The highest BCUT2D eigenvalue weighted by Crippen LogP contribution is 2.24. The Balaban J connectivity index is 1.93. The number of benzene rings is 1. The maximum absolute atomic E-state index is 12.3. The van der Waals surface area contributed by atoms with E-state index in [0.717, 1.165) is 25.9 Å². The zero-order valence-electron chi connectivity index (χ0n) is 12.1. The van der Waals surface area contributed by atoms with Gasteiger partial charge in [0.15, 0.2) is 0 Å². The van der Waals surface area contributed by atoms with Gasteiger partial charge in [0.05, 0.1) is 5.41 Å². The quantitative estimate of drug-likeness (QED) is 0.870. The number of hydrogen-bond donors (Lipinski definition) is 2. The molecular formula is C16H24N2O. The standard InChI is InChI=1S/C16H24N2O/c1-12-6-4-5-7-14(12)10-13(2)18-15(19)16(3)8-9-17-11-16/h4-7,13,17H,8-11H2,1-3H3,(H,18,19). The summed E-state index contributed by atoms with van der Waals surface area (Å²) in [6.45, 7) is 7.97. The summed E-state index contributed by atoms with van der Waals surface area (Å²) in [6.07, 6.45) is 1.82. The molecule has 104 valence electrons. The van der Waals surface area contributed by atoms with E-state index in [0.29, 0.717) is 0 Å². The van der Waals surface area contributed by atoms with Gasteiger partial charge in [0.25, 0.3) is 0 Å². The molecule has 19 heavy (non-hydrogen) atoms. The molecule has 2 N–H and O–H groups in total. The molecule has 1 aromatic carbocycles. The molecule has 3 nitrogen and oxygen atoms in total. The molecule has 2 rings (SSSR count). The fourth-order valence-corrected chi connectivity index (χ4v) is 2.63. The van der Waals surface area contributed by atoms with E-state index in [9.17, 15) is 4.79 Å². The molecule has 1 saturated heterocycles. The van der Waals surface area contributed by atoms with Crippen LogP contribution in [0.1, 0.15) is 31.4 Å². The maximum atomic E-state index is 12.3. The van der Waals surface area contributed by atoms with Crippen molar-refractivity contribution in [3.63, 3.8) is 0 Å². The van der Waals surface area contributed by atoms with Crippen LogP contribution in [-0.4, -0.2) is 25.0 Å².